The van der Waals surface area contributed by atoms with Crippen LogP contribution in [-0.2, 0) is 9.53 Å². The third-order valence-corrected chi connectivity index (χ3v) is 4.88. The van der Waals surface area contributed by atoms with E-state index >= 15 is 0 Å². The number of fused-ring (bicyclic) bond motifs is 1. The molecule has 1 fully saturated rings. The van der Waals surface area contributed by atoms with Gasteiger partial charge in [-0.15, -0.1) is 0 Å². The third-order valence-electron chi connectivity index (χ3n) is 4.88. The lowest BCUT2D eigenvalue weighted by atomic mass is 9.87. The summed E-state index contributed by atoms with van der Waals surface area (Å²) < 4.78 is 5.41. The Labute approximate surface area is 139 Å². The molecule has 1 aliphatic carbocycles. The maximum Gasteiger partial charge on any atom is 0.334 e. The van der Waals surface area contributed by atoms with Gasteiger partial charge in [-0.2, -0.15) is 0 Å². The van der Waals surface area contributed by atoms with E-state index in [0.717, 1.165) is 31.3 Å². The highest BCUT2D eigenvalue weighted by atomic mass is 16.6. The van der Waals surface area contributed by atoms with Crippen molar-refractivity contribution in [3.63, 3.8) is 0 Å². The highest BCUT2D eigenvalue weighted by Crippen LogP contribution is 2.34. The van der Waals surface area contributed by atoms with Crippen molar-refractivity contribution in [2.75, 3.05) is 0 Å². The zero-order valence-electron chi connectivity index (χ0n) is 14.5. The van der Waals surface area contributed by atoms with Gasteiger partial charge in [0.1, 0.15) is 12.2 Å². The first-order valence-corrected chi connectivity index (χ1v) is 8.46. The van der Waals surface area contributed by atoms with E-state index in [1.54, 1.807) is 0 Å². The number of aliphatic hydroxyl groups is 1. The molecular formula is C20H28O3. The first-order chi connectivity index (χ1) is 10.9. The molecule has 0 radical (unpaired) electrons. The van der Waals surface area contributed by atoms with E-state index in [1.165, 1.54) is 11.1 Å². The second-order valence-corrected chi connectivity index (χ2v) is 6.81. The topological polar surface area (TPSA) is 46.5 Å². The van der Waals surface area contributed by atoms with Crippen molar-refractivity contribution in [2.24, 2.45) is 5.92 Å². The molecule has 0 bridgehead atoms. The standard InChI is InChI=1S/C20H28O3/c1-13-7-5-8-14(2)11-12-17-16(4)20(22)23-19(17)18(21)15(3)10-6-9-13/h7,10-11,17-19,21H,4-6,8-9,12H2,1-3H3/b13-7+,14-11+,15-10+/t17-,18+,19-/m1/s1. The van der Waals surface area contributed by atoms with Gasteiger partial charge in [0.2, 0.25) is 0 Å². The molecule has 0 spiro atoms. The minimum absolute atomic E-state index is 0.143. The Balaban J connectivity index is 2.27. The van der Waals surface area contributed by atoms with Crippen LogP contribution in [0.1, 0.15) is 52.9 Å². The van der Waals surface area contributed by atoms with E-state index in [0.29, 0.717) is 12.0 Å². The molecule has 0 aromatic heterocycles. The van der Waals surface area contributed by atoms with Gasteiger partial charge >= 0.3 is 5.97 Å². The molecule has 2 rings (SSSR count). The van der Waals surface area contributed by atoms with E-state index in [4.69, 9.17) is 4.74 Å². The van der Waals surface area contributed by atoms with Crippen LogP contribution < -0.4 is 0 Å². The van der Waals surface area contributed by atoms with Crippen LogP contribution in [0.15, 0.2) is 47.1 Å². The summed E-state index contributed by atoms with van der Waals surface area (Å²) in [6.07, 6.45) is 9.88. The molecule has 3 nitrogen and oxygen atoms in total. The molecule has 3 atom stereocenters. The van der Waals surface area contributed by atoms with E-state index < -0.39 is 12.2 Å². The SMILES string of the molecule is C=C1C(=O)O[C@@H]2[C@@H]1C/C=C(\C)CC/C=C(\C)CC/C=C(\C)[C@@H]2O. The largest absolute Gasteiger partial charge is 0.455 e. The van der Waals surface area contributed by atoms with Gasteiger partial charge in [0, 0.05) is 11.5 Å². The van der Waals surface area contributed by atoms with Crippen molar-refractivity contribution >= 4 is 5.97 Å². The predicted octanol–water partition coefficient (Wildman–Crippen LogP) is 4.25. The molecule has 0 unspecified atom stereocenters. The Morgan fingerprint density at radius 3 is 2.39 bits per heavy atom. The maximum absolute atomic E-state index is 11.9. The van der Waals surface area contributed by atoms with Crippen LogP contribution in [0.25, 0.3) is 0 Å². The number of rotatable bonds is 0. The van der Waals surface area contributed by atoms with E-state index in [2.05, 4.69) is 38.7 Å². The number of esters is 1. The van der Waals surface area contributed by atoms with Gasteiger partial charge in [0.05, 0.1) is 0 Å². The average Bonchev–Trinajstić information content (AvgIpc) is 2.79. The highest BCUT2D eigenvalue weighted by Gasteiger charge is 2.42. The number of ether oxygens (including phenoxy) is 1. The lowest BCUT2D eigenvalue weighted by Gasteiger charge is -2.23. The summed E-state index contributed by atoms with van der Waals surface area (Å²) in [6.45, 7) is 10.1. The fraction of sp³-hybridized carbons (Fsp3) is 0.550. The molecule has 0 aromatic carbocycles. The summed E-state index contributed by atoms with van der Waals surface area (Å²) in [5.41, 5.74) is 4.03. The summed E-state index contributed by atoms with van der Waals surface area (Å²) in [7, 11) is 0. The smallest absolute Gasteiger partial charge is 0.334 e. The number of hydrogen-bond acceptors (Lipinski definition) is 3. The Morgan fingerprint density at radius 1 is 1.09 bits per heavy atom. The lowest BCUT2D eigenvalue weighted by molar-refractivity contribution is -0.142. The van der Waals surface area contributed by atoms with E-state index in [1.807, 2.05) is 6.92 Å². The van der Waals surface area contributed by atoms with Crippen LogP contribution in [0, 0.1) is 5.92 Å². The van der Waals surface area contributed by atoms with Gasteiger partial charge < -0.3 is 9.84 Å². The molecule has 1 saturated heterocycles. The normalized spacial score (nSPS) is 37.4. The number of hydrogen-bond donors (Lipinski definition) is 1. The molecule has 0 amide bonds. The third kappa shape index (κ3) is 4.44. The Bertz CT molecular complexity index is 565. The Kier molecular flexibility index (Phi) is 6.00. The minimum atomic E-state index is -0.760. The molecule has 23 heavy (non-hydrogen) atoms. The molecule has 3 heteroatoms. The fourth-order valence-corrected chi connectivity index (χ4v) is 3.18. The first-order valence-electron chi connectivity index (χ1n) is 8.46. The molecule has 1 N–H and O–H groups in total. The predicted molar refractivity (Wildman–Crippen MR) is 92.9 cm³/mol. The Hall–Kier alpha value is -1.61. The average molecular weight is 316 g/mol. The zero-order chi connectivity index (χ0) is 17.0. The molecule has 1 heterocycles. The van der Waals surface area contributed by atoms with Crippen LogP contribution in [0.5, 0.6) is 0 Å². The van der Waals surface area contributed by atoms with Crippen molar-refractivity contribution in [3.05, 3.63) is 47.1 Å². The van der Waals surface area contributed by atoms with Crippen LogP contribution in [-0.4, -0.2) is 23.3 Å². The van der Waals surface area contributed by atoms with Crippen molar-refractivity contribution in [1.82, 2.24) is 0 Å². The summed E-state index contributed by atoms with van der Waals surface area (Å²) >= 11 is 0. The van der Waals surface area contributed by atoms with Gasteiger partial charge in [-0.05, 0) is 58.4 Å². The molecule has 2 aliphatic rings. The number of carbonyl (C=O) groups excluding carboxylic acids is 1. The highest BCUT2D eigenvalue weighted by molar-refractivity contribution is 5.91. The van der Waals surface area contributed by atoms with Crippen LogP contribution in [0.4, 0.5) is 0 Å². The number of aliphatic hydroxyl groups excluding tert-OH is 1. The van der Waals surface area contributed by atoms with Gasteiger partial charge in [0.25, 0.3) is 0 Å². The molecule has 0 saturated carbocycles. The monoisotopic (exact) mass is 316 g/mol. The summed E-state index contributed by atoms with van der Waals surface area (Å²) in [6, 6.07) is 0. The van der Waals surface area contributed by atoms with E-state index in [-0.39, 0.29) is 11.9 Å². The number of carbonyl (C=O) groups is 1. The quantitative estimate of drug-likeness (QED) is 0.413. The molecule has 126 valence electrons. The first kappa shape index (κ1) is 17.7. The summed E-state index contributed by atoms with van der Waals surface area (Å²) in [5.74, 6) is -0.518. The molecule has 0 aromatic rings. The second-order valence-electron chi connectivity index (χ2n) is 6.81. The summed E-state index contributed by atoms with van der Waals surface area (Å²) in [4.78, 5) is 11.9. The van der Waals surface area contributed by atoms with Gasteiger partial charge in [-0.3, -0.25) is 0 Å². The van der Waals surface area contributed by atoms with Crippen molar-refractivity contribution in [2.45, 2.75) is 65.1 Å². The summed E-state index contributed by atoms with van der Waals surface area (Å²) in [5, 5.41) is 10.6. The van der Waals surface area contributed by atoms with Crippen molar-refractivity contribution < 1.29 is 14.6 Å². The molecule has 1 aliphatic heterocycles. The molecular weight excluding hydrogens is 288 g/mol. The lowest BCUT2D eigenvalue weighted by Crippen LogP contribution is -2.32. The van der Waals surface area contributed by atoms with Gasteiger partial charge in [-0.25, -0.2) is 4.79 Å². The van der Waals surface area contributed by atoms with Crippen molar-refractivity contribution in [3.8, 4) is 0 Å². The zero-order valence-corrected chi connectivity index (χ0v) is 14.5. The second kappa shape index (κ2) is 7.78. The number of allylic oxidation sites excluding steroid dienone is 5. The minimum Gasteiger partial charge on any atom is -0.455 e. The van der Waals surface area contributed by atoms with Crippen molar-refractivity contribution in [1.29, 1.82) is 0 Å². The maximum atomic E-state index is 11.9. The Morgan fingerprint density at radius 2 is 1.70 bits per heavy atom. The van der Waals surface area contributed by atoms with Gasteiger partial charge in [-0.1, -0.05) is 36.0 Å². The van der Waals surface area contributed by atoms with Crippen LogP contribution >= 0.6 is 0 Å². The van der Waals surface area contributed by atoms with E-state index in [9.17, 15) is 9.90 Å². The fourth-order valence-electron chi connectivity index (χ4n) is 3.18. The van der Waals surface area contributed by atoms with Crippen LogP contribution in [0.3, 0.4) is 0 Å². The van der Waals surface area contributed by atoms with Gasteiger partial charge in [0.15, 0.2) is 0 Å². The van der Waals surface area contributed by atoms with Crippen LogP contribution in [0.2, 0.25) is 0 Å².